The second-order valence-electron chi connectivity index (χ2n) is 5.09. The Balaban J connectivity index is 1.82. The monoisotopic (exact) mass is 364 g/mol. The largest absolute Gasteiger partial charge is 0.482 e. The van der Waals surface area contributed by atoms with Gasteiger partial charge in [-0.05, 0) is 25.5 Å². The fourth-order valence-corrected chi connectivity index (χ4v) is 2.90. The van der Waals surface area contributed by atoms with Gasteiger partial charge in [0, 0.05) is 28.6 Å². The van der Waals surface area contributed by atoms with Gasteiger partial charge in [-0.2, -0.15) is 0 Å². The van der Waals surface area contributed by atoms with Gasteiger partial charge in [0.05, 0.1) is 5.02 Å². The Bertz CT molecular complexity index is 966. The molecule has 3 aromatic rings. The standard InChI is InChI=1S/C16H13ClN2O4S/c1-8-9(2)15(21)23-12-6-13(11(17)5-10(8)12)22-7-14(20)19-16-18-3-4-24-16/h3-6H,7H2,1-2H3,(H,18,19,20). The van der Waals surface area contributed by atoms with E-state index in [1.165, 1.54) is 17.4 Å². The summed E-state index contributed by atoms with van der Waals surface area (Å²) in [6.07, 6.45) is 1.59. The maximum Gasteiger partial charge on any atom is 0.339 e. The molecule has 2 aromatic heterocycles. The number of nitrogens with zero attached hydrogens (tertiary/aromatic N) is 1. The van der Waals surface area contributed by atoms with E-state index in [9.17, 15) is 9.59 Å². The predicted octanol–water partition coefficient (Wildman–Crippen LogP) is 3.54. The van der Waals surface area contributed by atoms with Crippen molar-refractivity contribution >= 4 is 44.9 Å². The molecule has 1 N–H and O–H groups in total. The summed E-state index contributed by atoms with van der Waals surface area (Å²) in [7, 11) is 0. The number of anilines is 1. The first kappa shape index (κ1) is 16.5. The zero-order chi connectivity index (χ0) is 17.3. The van der Waals surface area contributed by atoms with Gasteiger partial charge in [0.2, 0.25) is 0 Å². The van der Waals surface area contributed by atoms with E-state index < -0.39 is 5.63 Å². The van der Waals surface area contributed by atoms with Crippen molar-refractivity contribution in [3.63, 3.8) is 0 Å². The van der Waals surface area contributed by atoms with Crippen LogP contribution in [0.15, 0.2) is 32.9 Å². The van der Waals surface area contributed by atoms with Crippen LogP contribution in [0.2, 0.25) is 5.02 Å². The van der Waals surface area contributed by atoms with Crippen LogP contribution in [-0.4, -0.2) is 17.5 Å². The highest BCUT2D eigenvalue weighted by Crippen LogP contribution is 2.31. The highest BCUT2D eigenvalue weighted by Gasteiger charge is 2.13. The Morgan fingerprint density at radius 1 is 1.38 bits per heavy atom. The summed E-state index contributed by atoms with van der Waals surface area (Å²) < 4.78 is 10.7. The molecule has 6 nitrogen and oxygen atoms in total. The number of ether oxygens (including phenoxy) is 1. The normalized spacial score (nSPS) is 10.8. The van der Waals surface area contributed by atoms with Crippen molar-refractivity contribution in [1.82, 2.24) is 4.98 Å². The van der Waals surface area contributed by atoms with E-state index in [4.69, 9.17) is 20.8 Å². The predicted molar refractivity (Wildman–Crippen MR) is 93.2 cm³/mol. The molecule has 8 heteroatoms. The highest BCUT2D eigenvalue weighted by atomic mass is 35.5. The summed E-state index contributed by atoms with van der Waals surface area (Å²) >= 11 is 7.51. The van der Waals surface area contributed by atoms with Gasteiger partial charge in [-0.1, -0.05) is 11.6 Å². The summed E-state index contributed by atoms with van der Waals surface area (Å²) in [5, 5.41) is 5.91. The first-order valence-electron chi connectivity index (χ1n) is 7.01. The lowest BCUT2D eigenvalue weighted by molar-refractivity contribution is -0.118. The molecule has 24 heavy (non-hydrogen) atoms. The quantitative estimate of drug-likeness (QED) is 0.716. The van der Waals surface area contributed by atoms with Gasteiger partial charge in [-0.25, -0.2) is 9.78 Å². The molecule has 1 amide bonds. The molecule has 0 aliphatic heterocycles. The highest BCUT2D eigenvalue weighted by molar-refractivity contribution is 7.13. The number of aromatic nitrogens is 1. The number of thiazole rings is 1. The summed E-state index contributed by atoms with van der Waals surface area (Å²) in [6.45, 7) is 3.29. The second-order valence-corrected chi connectivity index (χ2v) is 6.39. The first-order chi connectivity index (χ1) is 11.5. The van der Waals surface area contributed by atoms with E-state index in [2.05, 4.69) is 10.3 Å². The lowest BCUT2D eigenvalue weighted by Crippen LogP contribution is -2.20. The van der Waals surface area contributed by atoms with Crippen molar-refractivity contribution in [2.24, 2.45) is 0 Å². The minimum absolute atomic E-state index is 0.236. The average molecular weight is 365 g/mol. The van der Waals surface area contributed by atoms with Gasteiger partial charge >= 0.3 is 5.63 Å². The number of carbonyl (C=O) groups excluding carboxylic acids is 1. The second kappa shape index (κ2) is 6.62. The third kappa shape index (κ3) is 3.27. The molecular formula is C16H13ClN2O4S. The number of benzene rings is 1. The van der Waals surface area contributed by atoms with Crippen molar-refractivity contribution in [2.45, 2.75) is 13.8 Å². The Hall–Kier alpha value is -2.38. The molecule has 0 aliphatic rings. The van der Waals surface area contributed by atoms with Crippen molar-refractivity contribution in [2.75, 3.05) is 11.9 Å². The van der Waals surface area contributed by atoms with Gasteiger partial charge in [-0.15, -0.1) is 11.3 Å². The van der Waals surface area contributed by atoms with Crippen LogP contribution >= 0.6 is 22.9 Å². The molecule has 1 aromatic carbocycles. The van der Waals surface area contributed by atoms with Crippen LogP contribution in [0.3, 0.4) is 0 Å². The van der Waals surface area contributed by atoms with Crippen LogP contribution < -0.4 is 15.7 Å². The van der Waals surface area contributed by atoms with E-state index in [0.717, 1.165) is 10.9 Å². The third-order valence-electron chi connectivity index (χ3n) is 3.55. The van der Waals surface area contributed by atoms with Crippen molar-refractivity contribution < 1.29 is 13.9 Å². The minimum atomic E-state index is -0.408. The summed E-state index contributed by atoms with van der Waals surface area (Å²) in [4.78, 5) is 27.6. The molecule has 0 aliphatic carbocycles. The van der Waals surface area contributed by atoms with Gasteiger partial charge in [0.25, 0.3) is 5.91 Å². The summed E-state index contributed by atoms with van der Waals surface area (Å²) in [6, 6.07) is 3.18. The van der Waals surface area contributed by atoms with Crippen LogP contribution in [0.5, 0.6) is 5.75 Å². The van der Waals surface area contributed by atoms with Crippen LogP contribution in [0.1, 0.15) is 11.1 Å². The zero-order valence-electron chi connectivity index (χ0n) is 12.9. The third-order valence-corrected chi connectivity index (χ3v) is 4.53. The number of nitrogens with one attached hydrogen (secondary N) is 1. The fraction of sp³-hybridized carbons (Fsp3) is 0.188. The Morgan fingerprint density at radius 3 is 2.88 bits per heavy atom. The molecular weight excluding hydrogens is 352 g/mol. The van der Waals surface area contributed by atoms with E-state index in [-0.39, 0.29) is 18.3 Å². The molecule has 0 fully saturated rings. The van der Waals surface area contributed by atoms with E-state index in [1.807, 2.05) is 6.92 Å². The molecule has 0 spiro atoms. The van der Waals surface area contributed by atoms with Crippen molar-refractivity contribution in [3.8, 4) is 5.75 Å². The van der Waals surface area contributed by atoms with Gasteiger partial charge in [0.1, 0.15) is 11.3 Å². The molecule has 0 atom stereocenters. The Morgan fingerprint density at radius 2 is 2.17 bits per heavy atom. The topological polar surface area (TPSA) is 81.4 Å². The number of fused-ring (bicyclic) bond motifs is 1. The lowest BCUT2D eigenvalue weighted by atomic mass is 10.1. The maximum atomic E-state index is 11.8. The van der Waals surface area contributed by atoms with E-state index in [0.29, 0.717) is 21.3 Å². The number of carbonyl (C=O) groups is 1. The van der Waals surface area contributed by atoms with Crippen molar-refractivity contribution in [1.29, 1.82) is 0 Å². The first-order valence-corrected chi connectivity index (χ1v) is 8.27. The van der Waals surface area contributed by atoms with Crippen molar-refractivity contribution in [3.05, 3.63) is 50.3 Å². The number of halogens is 1. The minimum Gasteiger partial charge on any atom is -0.482 e. The molecule has 2 heterocycles. The number of rotatable bonds is 4. The van der Waals surface area contributed by atoms with Gasteiger partial charge in [-0.3, -0.25) is 10.1 Å². The Labute approximate surface area is 146 Å². The maximum absolute atomic E-state index is 11.8. The number of amides is 1. The molecule has 0 saturated carbocycles. The van der Waals surface area contributed by atoms with Crippen LogP contribution in [-0.2, 0) is 4.79 Å². The molecule has 0 radical (unpaired) electrons. The molecule has 124 valence electrons. The molecule has 0 bridgehead atoms. The van der Waals surface area contributed by atoms with E-state index in [1.54, 1.807) is 24.6 Å². The molecule has 3 rings (SSSR count). The van der Waals surface area contributed by atoms with Crippen LogP contribution in [0.4, 0.5) is 5.13 Å². The molecule has 0 unspecified atom stereocenters. The van der Waals surface area contributed by atoms with Gasteiger partial charge in [0.15, 0.2) is 11.7 Å². The zero-order valence-corrected chi connectivity index (χ0v) is 14.5. The number of hydrogen-bond donors (Lipinski definition) is 1. The smallest absolute Gasteiger partial charge is 0.339 e. The SMILES string of the molecule is Cc1c(C)c2cc(Cl)c(OCC(=O)Nc3nccs3)cc2oc1=O. The van der Waals surface area contributed by atoms with E-state index >= 15 is 0 Å². The Kier molecular flexibility index (Phi) is 4.55. The number of aryl methyl sites for hydroxylation is 1. The lowest BCUT2D eigenvalue weighted by Gasteiger charge is -2.10. The summed E-state index contributed by atoms with van der Waals surface area (Å²) in [5.41, 5.74) is 1.30. The fourth-order valence-electron chi connectivity index (χ4n) is 2.14. The molecule has 0 saturated heterocycles. The summed E-state index contributed by atoms with van der Waals surface area (Å²) in [5.74, 6) is -0.0903. The van der Waals surface area contributed by atoms with Crippen LogP contribution in [0, 0.1) is 13.8 Å². The van der Waals surface area contributed by atoms with Crippen LogP contribution in [0.25, 0.3) is 11.0 Å². The van der Waals surface area contributed by atoms with Gasteiger partial charge < -0.3 is 9.15 Å². The number of hydrogen-bond acceptors (Lipinski definition) is 6. The average Bonchev–Trinajstić information content (AvgIpc) is 3.05.